The van der Waals surface area contributed by atoms with Crippen molar-refractivity contribution < 1.29 is 23.1 Å². The van der Waals surface area contributed by atoms with E-state index < -0.39 is 11.8 Å². The molecule has 0 amide bonds. The number of halogens is 3. The van der Waals surface area contributed by atoms with Gasteiger partial charge in [0.25, 0.3) is 0 Å². The van der Waals surface area contributed by atoms with Crippen molar-refractivity contribution in [1.29, 1.82) is 0 Å². The molecule has 0 bridgehead atoms. The molecule has 0 spiro atoms. The highest BCUT2D eigenvalue weighted by atomic mass is 19.4. The number of carbonyl (C=O) groups excluding carboxylic acids is 1. The fraction of sp³-hybridized carbons (Fsp3) is 0.840. The Morgan fingerprint density at radius 3 is 2.53 bits per heavy atom. The van der Waals surface area contributed by atoms with Crippen LogP contribution in [0.2, 0.25) is 0 Å². The summed E-state index contributed by atoms with van der Waals surface area (Å²) in [6, 6.07) is 0. The van der Waals surface area contributed by atoms with Crippen LogP contribution in [-0.2, 0) is 11.2 Å². The van der Waals surface area contributed by atoms with Crippen LogP contribution < -0.4 is 0 Å². The number of Topliss-reactive ketones (excluding diaryl/α,β-unsaturated/α-hetero) is 1. The van der Waals surface area contributed by atoms with Gasteiger partial charge >= 0.3 is 6.18 Å². The van der Waals surface area contributed by atoms with Gasteiger partial charge in [0.1, 0.15) is 11.6 Å². The third-order valence-corrected chi connectivity index (χ3v) is 10.5. The molecule has 4 aliphatic rings. The van der Waals surface area contributed by atoms with E-state index in [4.69, 9.17) is 0 Å². The second-order valence-corrected chi connectivity index (χ2v) is 11.7. The normalized spacial score (nSPS) is 46.2. The summed E-state index contributed by atoms with van der Waals surface area (Å²) in [7, 11) is 0. The van der Waals surface area contributed by atoms with Gasteiger partial charge in [0.05, 0.1) is 6.42 Å². The smallest absolute Gasteiger partial charge is 0.380 e. The largest absolute Gasteiger partial charge is 0.417 e. The number of rotatable bonds is 3. The van der Waals surface area contributed by atoms with Gasteiger partial charge in [-0.1, -0.05) is 13.8 Å². The second kappa shape index (κ2) is 7.31. The fourth-order valence-corrected chi connectivity index (χ4v) is 8.71. The molecule has 4 aliphatic carbocycles. The number of nitrogens with zero attached hydrogens (tertiary/aromatic N) is 1. The Labute approximate surface area is 187 Å². The van der Waals surface area contributed by atoms with E-state index in [0.717, 1.165) is 44.3 Å². The summed E-state index contributed by atoms with van der Waals surface area (Å²) >= 11 is 0. The zero-order valence-electron chi connectivity index (χ0n) is 19.0. The van der Waals surface area contributed by atoms with Crippen LogP contribution in [-0.4, -0.2) is 32.6 Å². The number of alkyl halides is 3. The Morgan fingerprint density at radius 2 is 1.84 bits per heavy atom. The molecule has 1 aromatic heterocycles. The highest BCUT2D eigenvalue weighted by molar-refractivity contribution is 5.83. The van der Waals surface area contributed by atoms with E-state index in [-0.39, 0.29) is 41.3 Å². The maximum absolute atomic E-state index is 13.5. The van der Waals surface area contributed by atoms with E-state index in [2.05, 4.69) is 23.8 Å². The number of imidazole rings is 1. The topological polar surface area (TPSA) is 66.0 Å². The van der Waals surface area contributed by atoms with Crippen LogP contribution in [0.5, 0.6) is 0 Å². The second-order valence-electron chi connectivity index (χ2n) is 11.7. The summed E-state index contributed by atoms with van der Waals surface area (Å²) in [6.07, 6.45) is 4.93. The molecule has 7 heteroatoms. The van der Waals surface area contributed by atoms with E-state index >= 15 is 0 Å². The number of fused-ring (bicyclic) bond motifs is 5. The minimum absolute atomic E-state index is 0.0184. The summed E-state index contributed by atoms with van der Waals surface area (Å²) in [5.41, 5.74) is -2.68. The molecule has 2 unspecified atom stereocenters. The average molecular weight is 453 g/mol. The van der Waals surface area contributed by atoms with E-state index in [0.29, 0.717) is 30.6 Å². The Balaban J connectivity index is 1.34. The Kier molecular flexibility index (Phi) is 5.12. The SMILES string of the molecule is C[C@]12CC[C@H]3[C@@H](CCC4CC(O)(C(F)(F)F)CC[C@@]43C)[C@@H]1CC[C@@H]2C(=O)Cc1ncc[nH]1. The molecule has 5 rings (SSSR count). The van der Waals surface area contributed by atoms with Gasteiger partial charge < -0.3 is 10.1 Å². The lowest BCUT2D eigenvalue weighted by molar-refractivity contribution is -0.290. The van der Waals surface area contributed by atoms with Gasteiger partial charge in [-0.2, -0.15) is 13.2 Å². The van der Waals surface area contributed by atoms with Crippen molar-refractivity contribution in [3.05, 3.63) is 18.2 Å². The molecule has 2 N–H and O–H groups in total. The third kappa shape index (κ3) is 3.20. The molecule has 4 nitrogen and oxygen atoms in total. The summed E-state index contributed by atoms with van der Waals surface area (Å²) in [6.45, 7) is 4.49. The number of aromatic amines is 1. The molecule has 4 saturated carbocycles. The van der Waals surface area contributed by atoms with E-state index in [1.807, 2.05) is 0 Å². The molecule has 0 aliphatic heterocycles. The van der Waals surface area contributed by atoms with Crippen molar-refractivity contribution in [2.24, 2.45) is 40.4 Å². The number of H-pyrrole nitrogens is 1. The van der Waals surface area contributed by atoms with E-state index in [1.165, 1.54) is 0 Å². The molecule has 0 radical (unpaired) electrons. The van der Waals surface area contributed by atoms with Gasteiger partial charge in [0.15, 0.2) is 5.60 Å². The van der Waals surface area contributed by atoms with Crippen molar-refractivity contribution in [2.45, 2.75) is 89.8 Å². The summed E-state index contributed by atoms with van der Waals surface area (Å²) in [5, 5.41) is 10.4. The highest BCUT2D eigenvalue weighted by Gasteiger charge is 2.65. The number of carbonyl (C=O) groups is 1. The molecule has 0 aromatic carbocycles. The molecule has 178 valence electrons. The predicted octanol–water partition coefficient (Wildman–Crippen LogP) is 5.47. The van der Waals surface area contributed by atoms with E-state index in [1.54, 1.807) is 12.4 Å². The van der Waals surface area contributed by atoms with Crippen LogP contribution in [0.4, 0.5) is 13.2 Å². The Hall–Kier alpha value is -1.37. The lowest BCUT2D eigenvalue weighted by atomic mass is 9.43. The molecular formula is C25H35F3N2O2. The molecule has 1 aromatic rings. The Bertz CT molecular complexity index is 871. The summed E-state index contributed by atoms with van der Waals surface area (Å²) in [4.78, 5) is 20.5. The van der Waals surface area contributed by atoms with Gasteiger partial charge in [-0.15, -0.1) is 0 Å². The predicted molar refractivity (Wildman–Crippen MR) is 114 cm³/mol. The number of hydrogen-bond donors (Lipinski definition) is 2. The molecule has 1 heterocycles. The summed E-state index contributed by atoms with van der Waals surface area (Å²) in [5.74, 6) is 2.31. The zero-order valence-corrected chi connectivity index (χ0v) is 19.0. The standard InChI is InChI=1S/C25H35F3N2O2/c1-22-9-10-24(32,25(26,27)28)14-15(22)3-4-16-17-5-6-19(23(17,2)8-7-18(16)22)20(31)13-21-29-11-12-30-21/h11-12,15-19,32H,3-10,13-14H2,1-2H3,(H,29,30)/t15?,16-,17-,18-,19+,22-,23-,24?/m0/s1. The van der Waals surface area contributed by atoms with Crippen LogP contribution in [0.3, 0.4) is 0 Å². The first-order valence-electron chi connectivity index (χ1n) is 12.3. The van der Waals surface area contributed by atoms with E-state index in [9.17, 15) is 23.1 Å². The molecule has 0 saturated heterocycles. The molecule has 32 heavy (non-hydrogen) atoms. The van der Waals surface area contributed by atoms with Crippen LogP contribution >= 0.6 is 0 Å². The minimum atomic E-state index is -4.55. The first-order valence-corrected chi connectivity index (χ1v) is 12.3. The number of aliphatic hydroxyl groups is 1. The van der Waals surface area contributed by atoms with Crippen molar-refractivity contribution in [3.8, 4) is 0 Å². The first kappa shape index (κ1) is 22.4. The first-order chi connectivity index (χ1) is 15.0. The van der Waals surface area contributed by atoms with Crippen molar-refractivity contribution in [3.63, 3.8) is 0 Å². The third-order valence-electron chi connectivity index (χ3n) is 10.5. The van der Waals surface area contributed by atoms with Crippen molar-refractivity contribution >= 4 is 5.78 Å². The van der Waals surface area contributed by atoms with Crippen LogP contribution in [0.1, 0.15) is 77.5 Å². The van der Waals surface area contributed by atoms with Gasteiger partial charge in [0, 0.05) is 18.3 Å². The fourth-order valence-electron chi connectivity index (χ4n) is 8.71. The minimum Gasteiger partial charge on any atom is -0.380 e. The summed E-state index contributed by atoms with van der Waals surface area (Å²) < 4.78 is 40.6. The molecule has 8 atom stereocenters. The maximum atomic E-state index is 13.5. The Morgan fingerprint density at radius 1 is 1.09 bits per heavy atom. The monoisotopic (exact) mass is 452 g/mol. The van der Waals surface area contributed by atoms with Crippen molar-refractivity contribution in [2.75, 3.05) is 0 Å². The van der Waals surface area contributed by atoms with Crippen LogP contribution in [0.15, 0.2) is 12.4 Å². The quantitative estimate of drug-likeness (QED) is 0.639. The number of aromatic nitrogens is 2. The van der Waals surface area contributed by atoms with Gasteiger partial charge in [-0.05, 0) is 92.3 Å². The number of hydrogen-bond acceptors (Lipinski definition) is 3. The lowest BCUT2D eigenvalue weighted by Gasteiger charge is -2.62. The maximum Gasteiger partial charge on any atom is 0.417 e. The number of nitrogens with one attached hydrogen (secondary N) is 1. The molecular weight excluding hydrogens is 417 g/mol. The van der Waals surface area contributed by atoms with Crippen molar-refractivity contribution in [1.82, 2.24) is 9.97 Å². The molecule has 4 fully saturated rings. The zero-order chi connectivity index (χ0) is 22.9. The van der Waals surface area contributed by atoms with Crippen LogP contribution in [0.25, 0.3) is 0 Å². The van der Waals surface area contributed by atoms with Gasteiger partial charge in [-0.3, -0.25) is 4.79 Å². The number of ketones is 1. The van der Waals surface area contributed by atoms with Gasteiger partial charge in [0.2, 0.25) is 0 Å². The average Bonchev–Trinajstić information content (AvgIpc) is 3.34. The van der Waals surface area contributed by atoms with Gasteiger partial charge in [-0.25, -0.2) is 4.98 Å². The lowest BCUT2D eigenvalue weighted by Crippen LogP contribution is -2.59. The highest BCUT2D eigenvalue weighted by Crippen LogP contribution is 2.68. The van der Waals surface area contributed by atoms with Crippen LogP contribution in [0, 0.1) is 40.4 Å².